The maximum absolute atomic E-state index is 13.6. The van der Waals surface area contributed by atoms with Gasteiger partial charge in [-0.15, -0.1) is 0 Å². The van der Waals surface area contributed by atoms with Gasteiger partial charge in [-0.3, -0.25) is 33.8 Å². The Morgan fingerprint density at radius 2 is 1.42 bits per heavy atom. The average molecular weight is 716 g/mol. The lowest BCUT2D eigenvalue weighted by atomic mass is 10.0. The third kappa shape index (κ3) is 16.2. The highest BCUT2D eigenvalue weighted by molar-refractivity contribution is 5.97. The number of nitrogens with one attached hydrogen (secondary N) is 6. The molecular weight excluding hydrogens is 660 g/mol. The molecule has 0 aromatic rings. The van der Waals surface area contributed by atoms with Crippen LogP contribution < -0.4 is 43.4 Å². The van der Waals surface area contributed by atoms with Gasteiger partial charge in [0.1, 0.15) is 36.3 Å². The van der Waals surface area contributed by atoms with Gasteiger partial charge in [0.25, 0.3) is 0 Å². The number of carbonyl (C=O) groups is 7. The fraction of sp³-hybridized carbons (Fsp3) is 0.733. The second kappa shape index (κ2) is 20.8. The summed E-state index contributed by atoms with van der Waals surface area (Å²) < 4.78 is 0.649. The summed E-state index contributed by atoms with van der Waals surface area (Å²) in [4.78, 5) is 92.2. The number of amides is 6. The van der Waals surface area contributed by atoms with Crippen LogP contribution in [0.25, 0.3) is 0 Å². The lowest BCUT2D eigenvalue weighted by Gasteiger charge is -2.27. The van der Waals surface area contributed by atoms with Crippen LogP contribution in [0.1, 0.15) is 58.8 Å². The van der Waals surface area contributed by atoms with Crippen LogP contribution in [0.2, 0.25) is 0 Å². The first-order valence-electron chi connectivity index (χ1n) is 16.4. The number of aliphatic hydroxyl groups is 2. The zero-order chi connectivity index (χ0) is 38.2. The molecule has 13 N–H and O–H groups in total. The molecule has 0 radical (unpaired) electrons. The van der Waals surface area contributed by atoms with E-state index in [4.69, 9.17) is 11.5 Å². The van der Waals surface area contributed by atoms with Crippen LogP contribution >= 0.6 is 0 Å². The number of carboxylic acids is 1. The van der Waals surface area contributed by atoms with Gasteiger partial charge in [0.15, 0.2) is 5.96 Å². The smallest absolute Gasteiger partial charge is 0.328 e. The Morgan fingerprint density at radius 3 is 1.90 bits per heavy atom. The van der Waals surface area contributed by atoms with Crippen molar-refractivity contribution < 1.29 is 53.4 Å². The van der Waals surface area contributed by atoms with Crippen LogP contribution in [-0.4, -0.2) is 150 Å². The minimum atomic E-state index is -1.61. The zero-order valence-electron chi connectivity index (χ0n) is 29.4. The molecule has 0 unspecified atom stereocenters. The number of aliphatic imine (C=N–C) groups is 1. The maximum Gasteiger partial charge on any atom is 0.328 e. The number of rotatable bonds is 22. The van der Waals surface area contributed by atoms with E-state index in [9.17, 15) is 48.9 Å². The first-order chi connectivity index (χ1) is 23.2. The average Bonchev–Trinajstić information content (AvgIpc) is 3.46. The van der Waals surface area contributed by atoms with E-state index in [-0.39, 0.29) is 50.5 Å². The van der Waals surface area contributed by atoms with Crippen LogP contribution in [0, 0.1) is 0 Å². The fourth-order valence-electron chi connectivity index (χ4n) is 4.84. The van der Waals surface area contributed by atoms with Gasteiger partial charge in [-0.2, -0.15) is 0 Å². The number of carboxylic acid groups (broad SMARTS) is 1. The molecule has 50 heavy (non-hydrogen) atoms. The van der Waals surface area contributed by atoms with Crippen molar-refractivity contribution in [1.29, 1.82) is 0 Å². The largest absolute Gasteiger partial charge is 0.480 e. The summed E-state index contributed by atoms with van der Waals surface area (Å²) in [5.41, 5.74) is 10.8. The second-order valence-electron chi connectivity index (χ2n) is 13.3. The molecule has 20 nitrogen and oxygen atoms in total. The van der Waals surface area contributed by atoms with Gasteiger partial charge >= 0.3 is 5.97 Å². The Hall–Kier alpha value is -4.56. The second-order valence-corrected chi connectivity index (χ2v) is 13.3. The monoisotopic (exact) mass is 715 g/mol. The molecule has 1 saturated heterocycles. The predicted molar refractivity (Wildman–Crippen MR) is 180 cm³/mol. The Bertz CT molecular complexity index is 1240. The molecule has 0 aromatic heterocycles. The minimum absolute atomic E-state index is 0.0152. The molecule has 6 amide bonds. The number of nitrogens with two attached hydrogens (primary N) is 2. The van der Waals surface area contributed by atoms with Crippen molar-refractivity contribution in [3.8, 4) is 0 Å². The highest BCUT2D eigenvalue weighted by Crippen LogP contribution is 2.09. The summed E-state index contributed by atoms with van der Waals surface area (Å²) in [6.45, 7) is 2.53. The Labute approximate surface area is 291 Å². The van der Waals surface area contributed by atoms with E-state index < -0.39 is 84.5 Å². The minimum Gasteiger partial charge on any atom is -0.480 e. The summed E-state index contributed by atoms with van der Waals surface area (Å²) in [7, 11) is 5.96. The van der Waals surface area contributed by atoms with E-state index in [1.165, 1.54) is 13.8 Å². The topological polar surface area (TPSA) is 317 Å². The van der Waals surface area contributed by atoms with Crippen LogP contribution in [0.3, 0.4) is 0 Å². The van der Waals surface area contributed by atoms with Crippen LogP contribution in [0.4, 0.5) is 0 Å². The number of aliphatic carboxylic acids is 1. The summed E-state index contributed by atoms with van der Waals surface area (Å²) in [5.74, 6) is -6.05. The van der Waals surface area contributed by atoms with Gasteiger partial charge in [-0.05, 0) is 52.4 Å². The molecule has 1 fully saturated rings. The van der Waals surface area contributed by atoms with Gasteiger partial charge in [-0.25, -0.2) is 4.79 Å². The highest BCUT2D eigenvalue weighted by atomic mass is 16.4. The van der Waals surface area contributed by atoms with Gasteiger partial charge in [-0.1, -0.05) is 0 Å². The van der Waals surface area contributed by atoms with Crippen LogP contribution in [-0.2, 0) is 33.6 Å². The summed E-state index contributed by atoms with van der Waals surface area (Å²) in [6, 6.07) is -7.74. The Morgan fingerprint density at radius 1 is 0.860 bits per heavy atom. The number of hydrogen-bond acceptors (Lipinski definition) is 10. The fourth-order valence-corrected chi connectivity index (χ4v) is 4.84. The molecule has 0 spiro atoms. The third-order valence-corrected chi connectivity index (χ3v) is 7.71. The molecule has 284 valence electrons. The number of quaternary nitrogens is 1. The van der Waals surface area contributed by atoms with E-state index in [1.807, 2.05) is 21.1 Å². The lowest BCUT2D eigenvalue weighted by molar-refractivity contribution is -0.870. The van der Waals surface area contributed by atoms with Crippen molar-refractivity contribution in [1.82, 2.24) is 31.9 Å². The molecule has 7 atom stereocenters. The quantitative estimate of drug-likeness (QED) is 0.0218. The molecule has 0 bridgehead atoms. The zero-order valence-corrected chi connectivity index (χ0v) is 29.4. The third-order valence-electron chi connectivity index (χ3n) is 7.71. The van der Waals surface area contributed by atoms with Crippen molar-refractivity contribution in [2.24, 2.45) is 16.5 Å². The molecule has 0 aliphatic carbocycles. The number of aliphatic hydroxyl groups excluding tert-OH is 2. The first-order valence-corrected chi connectivity index (χ1v) is 16.4. The van der Waals surface area contributed by atoms with Gasteiger partial charge in [0.05, 0.1) is 40.4 Å². The molecular formula is C30H55N10O10+. The Balaban J connectivity index is 3.10. The van der Waals surface area contributed by atoms with E-state index in [2.05, 4.69) is 36.9 Å². The summed E-state index contributed by atoms with van der Waals surface area (Å²) >= 11 is 0. The summed E-state index contributed by atoms with van der Waals surface area (Å²) in [5, 5.41) is 43.4. The van der Waals surface area contributed by atoms with Crippen molar-refractivity contribution >= 4 is 47.4 Å². The normalized spacial score (nSPS) is 17.8. The lowest BCUT2D eigenvalue weighted by Crippen LogP contribution is -2.60. The number of hydrogen-bond donors (Lipinski definition) is 11. The van der Waals surface area contributed by atoms with Crippen molar-refractivity contribution in [2.45, 2.75) is 101 Å². The molecule has 1 aliphatic heterocycles. The number of guanidine groups is 1. The number of nitrogens with zero attached hydrogens (tertiary/aromatic N) is 2. The van der Waals surface area contributed by atoms with Crippen LogP contribution in [0.5, 0.6) is 0 Å². The van der Waals surface area contributed by atoms with Gasteiger partial charge in [0, 0.05) is 13.0 Å². The standard InChI is InChI=1S/C30H54N10O10/c1-16(34-28(48)23(17(2)42)39-27(47)20-11-12-22(43)35-20)24(44)36-19(10-8-13-33-30(31)32)25(45)37-18(9-6-7-14-40(3,4)5)26(46)38-21(15-41)29(49)50/h16-21,23,41-42H,6-15H2,1-5H3,(H10-,31,32,33,34,35,36,37,38,39,43,44,45,46,47,48,49,50)/p+1/t16-,17+,18-,19-,20-,21-,23-/m0/s1. The first kappa shape index (κ1) is 43.5. The molecule has 20 heteroatoms. The highest BCUT2D eigenvalue weighted by Gasteiger charge is 2.34. The van der Waals surface area contributed by atoms with E-state index >= 15 is 0 Å². The van der Waals surface area contributed by atoms with Crippen molar-refractivity contribution in [2.75, 3.05) is 40.8 Å². The summed E-state index contributed by atoms with van der Waals surface area (Å²) in [6.07, 6.45) is 0.425. The molecule has 1 rings (SSSR count). The maximum atomic E-state index is 13.6. The molecule has 1 aliphatic rings. The van der Waals surface area contributed by atoms with Crippen molar-refractivity contribution in [3.05, 3.63) is 0 Å². The van der Waals surface area contributed by atoms with Gasteiger partial charge < -0.3 is 63.2 Å². The molecule has 0 aromatic carbocycles. The SMILES string of the molecule is C[C@H](NC(=O)[C@@H](NC(=O)[C@@H]1CCC(=O)N1)[C@@H](C)O)C(=O)N[C@@H](CCCN=C(N)N)C(=O)N[C@@H](CCCC[N+](C)(C)C)C(=O)N[C@@H](CO)C(=O)O. The van der Waals surface area contributed by atoms with Crippen LogP contribution in [0.15, 0.2) is 4.99 Å². The van der Waals surface area contributed by atoms with E-state index in [0.717, 1.165) is 6.54 Å². The van der Waals surface area contributed by atoms with Gasteiger partial charge in [0.2, 0.25) is 35.4 Å². The van der Waals surface area contributed by atoms with E-state index in [1.54, 1.807) is 0 Å². The van der Waals surface area contributed by atoms with Crippen molar-refractivity contribution in [3.63, 3.8) is 0 Å². The molecule has 1 heterocycles. The van der Waals surface area contributed by atoms with E-state index in [0.29, 0.717) is 17.3 Å². The molecule has 0 saturated carbocycles. The number of carbonyl (C=O) groups excluding carboxylic acids is 6. The Kier molecular flexibility index (Phi) is 18.1. The number of unbranched alkanes of at least 4 members (excludes halogenated alkanes) is 1. The predicted octanol–water partition coefficient (Wildman–Crippen LogP) is -4.90.